The Bertz CT molecular complexity index is 599. The summed E-state index contributed by atoms with van der Waals surface area (Å²) in [5.74, 6) is 1.20. The lowest BCUT2D eigenvalue weighted by atomic mass is 10.1. The van der Waals surface area contributed by atoms with Crippen LogP contribution in [0.25, 0.3) is 11.0 Å². The van der Waals surface area contributed by atoms with E-state index in [-0.39, 0.29) is 6.04 Å². The van der Waals surface area contributed by atoms with Gasteiger partial charge in [-0.25, -0.2) is 4.98 Å². The fourth-order valence-electron chi connectivity index (χ4n) is 2.25. The van der Waals surface area contributed by atoms with Crippen LogP contribution >= 0.6 is 0 Å². The molecule has 1 aliphatic rings. The average molecular weight is 269 g/mol. The molecule has 1 unspecified atom stereocenters. The summed E-state index contributed by atoms with van der Waals surface area (Å²) >= 11 is 0. The molecule has 1 atom stereocenters. The Hall–Kier alpha value is -1.56. The second kappa shape index (κ2) is 4.23. The van der Waals surface area contributed by atoms with E-state index in [1.807, 2.05) is 0 Å². The number of nitrogens with two attached hydrogens (primary N) is 1. The van der Waals surface area contributed by atoms with Crippen LogP contribution in [0.3, 0.4) is 0 Å². The molecule has 3 rings (SSSR count). The molecule has 0 spiro atoms. The summed E-state index contributed by atoms with van der Waals surface area (Å²) in [6.45, 7) is 0. The van der Waals surface area contributed by atoms with Gasteiger partial charge < -0.3 is 10.7 Å². The molecule has 0 amide bonds. The van der Waals surface area contributed by atoms with Gasteiger partial charge in [0.15, 0.2) is 0 Å². The van der Waals surface area contributed by atoms with Crippen molar-refractivity contribution in [2.45, 2.75) is 31.5 Å². The number of fused-ring (bicyclic) bond motifs is 1. The third-order valence-corrected chi connectivity index (χ3v) is 3.51. The number of hydrogen-bond acceptors (Lipinski definition) is 2. The molecule has 1 saturated carbocycles. The zero-order chi connectivity index (χ0) is 13.6. The maximum Gasteiger partial charge on any atom is 0.416 e. The summed E-state index contributed by atoms with van der Waals surface area (Å²) in [6.07, 6.45) is -1.47. The maximum atomic E-state index is 12.6. The Balaban J connectivity index is 1.87. The van der Waals surface area contributed by atoms with Crippen LogP contribution in [-0.4, -0.2) is 16.0 Å². The lowest BCUT2D eigenvalue weighted by molar-refractivity contribution is -0.137. The highest BCUT2D eigenvalue weighted by molar-refractivity contribution is 5.76. The van der Waals surface area contributed by atoms with Crippen molar-refractivity contribution in [3.05, 3.63) is 29.6 Å². The van der Waals surface area contributed by atoms with Crippen LogP contribution in [0.4, 0.5) is 13.2 Å². The number of nitrogens with one attached hydrogen (secondary N) is 1. The molecular formula is C13H14F3N3. The van der Waals surface area contributed by atoms with Crippen molar-refractivity contribution in [3.63, 3.8) is 0 Å². The third-order valence-electron chi connectivity index (χ3n) is 3.51. The number of benzene rings is 1. The Morgan fingerprint density at radius 2 is 2.11 bits per heavy atom. The lowest BCUT2D eigenvalue weighted by Gasteiger charge is -2.06. The number of rotatable bonds is 3. The number of imidazole rings is 1. The molecule has 1 fully saturated rings. The van der Waals surface area contributed by atoms with Gasteiger partial charge >= 0.3 is 6.18 Å². The SMILES string of the molecule is NC(Cc1nc2ccc(C(F)(F)F)cc2[nH]1)C1CC1. The summed E-state index contributed by atoms with van der Waals surface area (Å²) in [5.41, 5.74) is 6.28. The van der Waals surface area contributed by atoms with Crippen molar-refractivity contribution >= 4 is 11.0 Å². The zero-order valence-electron chi connectivity index (χ0n) is 10.2. The van der Waals surface area contributed by atoms with Gasteiger partial charge in [0.25, 0.3) is 0 Å². The molecule has 1 heterocycles. The van der Waals surface area contributed by atoms with E-state index in [1.54, 1.807) is 0 Å². The Morgan fingerprint density at radius 1 is 1.37 bits per heavy atom. The lowest BCUT2D eigenvalue weighted by Crippen LogP contribution is -2.25. The number of aromatic amines is 1. The predicted molar refractivity (Wildman–Crippen MR) is 65.5 cm³/mol. The topological polar surface area (TPSA) is 54.7 Å². The van der Waals surface area contributed by atoms with E-state index in [4.69, 9.17) is 5.73 Å². The first-order chi connectivity index (χ1) is 8.93. The molecule has 0 aliphatic heterocycles. The minimum absolute atomic E-state index is 0.0441. The van der Waals surface area contributed by atoms with Gasteiger partial charge in [0.1, 0.15) is 5.82 Å². The van der Waals surface area contributed by atoms with Gasteiger partial charge in [-0.2, -0.15) is 13.2 Å². The number of H-pyrrole nitrogens is 1. The molecule has 3 nitrogen and oxygen atoms in total. The van der Waals surface area contributed by atoms with Gasteiger partial charge in [0, 0.05) is 12.5 Å². The van der Waals surface area contributed by atoms with Crippen LogP contribution in [-0.2, 0) is 12.6 Å². The Morgan fingerprint density at radius 3 is 2.74 bits per heavy atom. The largest absolute Gasteiger partial charge is 0.416 e. The standard InChI is InChI=1S/C13H14F3N3/c14-13(15,16)8-3-4-10-11(5-8)19-12(18-10)6-9(17)7-1-2-7/h3-5,7,9H,1-2,6,17H2,(H,18,19). The molecule has 102 valence electrons. The minimum atomic E-state index is -4.33. The number of hydrogen-bond donors (Lipinski definition) is 2. The molecule has 6 heteroatoms. The molecule has 1 aliphatic carbocycles. The third kappa shape index (κ3) is 2.58. The average Bonchev–Trinajstić information content (AvgIpc) is 3.08. The number of aromatic nitrogens is 2. The Kier molecular flexibility index (Phi) is 2.78. The van der Waals surface area contributed by atoms with Crippen LogP contribution < -0.4 is 5.73 Å². The van der Waals surface area contributed by atoms with Crippen molar-refractivity contribution in [2.75, 3.05) is 0 Å². The van der Waals surface area contributed by atoms with Crippen molar-refractivity contribution in [1.82, 2.24) is 9.97 Å². The minimum Gasteiger partial charge on any atom is -0.342 e. The van der Waals surface area contributed by atoms with Gasteiger partial charge in [-0.1, -0.05) is 0 Å². The van der Waals surface area contributed by atoms with E-state index in [0.717, 1.165) is 25.0 Å². The van der Waals surface area contributed by atoms with E-state index in [2.05, 4.69) is 9.97 Å². The summed E-state index contributed by atoms with van der Waals surface area (Å²) in [5, 5.41) is 0. The van der Waals surface area contributed by atoms with Crippen molar-refractivity contribution in [3.8, 4) is 0 Å². The number of halogens is 3. The summed E-state index contributed by atoms with van der Waals surface area (Å²) in [4.78, 5) is 7.21. The van der Waals surface area contributed by atoms with Gasteiger partial charge in [0.2, 0.25) is 0 Å². The fraction of sp³-hybridized carbons (Fsp3) is 0.462. The molecule has 0 bridgehead atoms. The molecule has 1 aromatic heterocycles. The van der Waals surface area contributed by atoms with Crippen molar-refractivity contribution < 1.29 is 13.2 Å². The second-order valence-corrected chi connectivity index (χ2v) is 5.12. The highest BCUT2D eigenvalue weighted by Gasteiger charge is 2.31. The van der Waals surface area contributed by atoms with Gasteiger partial charge in [0.05, 0.1) is 16.6 Å². The summed E-state index contributed by atoms with van der Waals surface area (Å²) in [7, 11) is 0. The first kappa shape index (κ1) is 12.5. The van der Waals surface area contributed by atoms with Crippen LogP contribution in [0.1, 0.15) is 24.2 Å². The van der Waals surface area contributed by atoms with E-state index in [9.17, 15) is 13.2 Å². The molecule has 1 aromatic carbocycles. The van der Waals surface area contributed by atoms with E-state index < -0.39 is 11.7 Å². The first-order valence-corrected chi connectivity index (χ1v) is 6.25. The quantitative estimate of drug-likeness (QED) is 0.900. The molecule has 0 radical (unpaired) electrons. The Labute approximate surface area is 108 Å². The summed E-state index contributed by atoms with van der Waals surface area (Å²) in [6, 6.07) is 3.57. The van der Waals surface area contributed by atoms with Crippen LogP contribution in [0.5, 0.6) is 0 Å². The molecular weight excluding hydrogens is 255 g/mol. The van der Waals surface area contributed by atoms with Gasteiger partial charge in [-0.05, 0) is 37.0 Å². The van der Waals surface area contributed by atoms with E-state index >= 15 is 0 Å². The highest BCUT2D eigenvalue weighted by atomic mass is 19.4. The second-order valence-electron chi connectivity index (χ2n) is 5.12. The maximum absolute atomic E-state index is 12.6. The molecule has 2 aromatic rings. The molecule has 3 N–H and O–H groups in total. The van der Waals surface area contributed by atoms with E-state index in [0.29, 0.717) is 29.2 Å². The normalized spacial score (nSPS) is 17.9. The van der Waals surface area contributed by atoms with Gasteiger partial charge in [-0.3, -0.25) is 0 Å². The summed E-state index contributed by atoms with van der Waals surface area (Å²) < 4.78 is 37.8. The van der Waals surface area contributed by atoms with Crippen LogP contribution in [0.15, 0.2) is 18.2 Å². The molecule has 0 saturated heterocycles. The van der Waals surface area contributed by atoms with Crippen LogP contribution in [0.2, 0.25) is 0 Å². The molecule has 19 heavy (non-hydrogen) atoms. The van der Waals surface area contributed by atoms with Crippen LogP contribution in [0, 0.1) is 5.92 Å². The highest BCUT2D eigenvalue weighted by Crippen LogP contribution is 2.33. The number of nitrogens with zero attached hydrogens (tertiary/aromatic N) is 1. The van der Waals surface area contributed by atoms with Crippen molar-refractivity contribution in [1.29, 1.82) is 0 Å². The number of alkyl halides is 3. The fourth-order valence-corrected chi connectivity index (χ4v) is 2.25. The zero-order valence-corrected chi connectivity index (χ0v) is 10.2. The monoisotopic (exact) mass is 269 g/mol. The van der Waals surface area contributed by atoms with Crippen molar-refractivity contribution in [2.24, 2.45) is 11.7 Å². The van der Waals surface area contributed by atoms with Gasteiger partial charge in [-0.15, -0.1) is 0 Å². The van der Waals surface area contributed by atoms with E-state index in [1.165, 1.54) is 6.07 Å². The smallest absolute Gasteiger partial charge is 0.342 e. The predicted octanol–water partition coefficient (Wildman–Crippen LogP) is 2.86. The first-order valence-electron chi connectivity index (χ1n) is 6.25.